The number of rotatable bonds is 3. The van der Waals surface area contributed by atoms with E-state index in [0.29, 0.717) is 16.5 Å². The summed E-state index contributed by atoms with van der Waals surface area (Å²) in [6, 6.07) is 5.05. The van der Waals surface area contributed by atoms with Crippen LogP contribution in [0.4, 0.5) is 5.69 Å². The Morgan fingerprint density at radius 1 is 1.64 bits per heavy atom. The average Bonchev–Trinajstić information content (AvgIpc) is 2.20. The van der Waals surface area contributed by atoms with Crippen molar-refractivity contribution in [1.29, 1.82) is 0 Å². The Hall–Kier alpha value is -0.740. The molecule has 1 aromatic carbocycles. The van der Waals surface area contributed by atoms with E-state index in [4.69, 9.17) is 16.3 Å². The molecule has 0 saturated carbocycles. The monoisotopic (exact) mass is 277 g/mol. The molecular formula is C9H9BrClNO2. The minimum atomic E-state index is -0.116. The van der Waals surface area contributed by atoms with Gasteiger partial charge in [-0.3, -0.25) is 4.79 Å². The number of halogens is 2. The van der Waals surface area contributed by atoms with Crippen molar-refractivity contribution in [3.8, 4) is 5.75 Å². The van der Waals surface area contributed by atoms with Crippen LogP contribution in [0.2, 0.25) is 5.02 Å². The van der Waals surface area contributed by atoms with Gasteiger partial charge in [0.2, 0.25) is 5.91 Å². The first-order valence-electron chi connectivity index (χ1n) is 3.86. The second kappa shape index (κ2) is 5.22. The summed E-state index contributed by atoms with van der Waals surface area (Å²) in [7, 11) is 1.53. The Morgan fingerprint density at radius 3 is 2.93 bits per heavy atom. The van der Waals surface area contributed by atoms with Crippen molar-refractivity contribution in [2.24, 2.45) is 0 Å². The first-order chi connectivity index (χ1) is 6.67. The standard InChI is InChI=1S/C9H9BrClNO2/c1-14-8-4-6(2-3-7(8)11)12-9(13)5-10/h2-4H,5H2,1H3,(H,12,13). The molecule has 1 rings (SSSR count). The van der Waals surface area contributed by atoms with Gasteiger partial charge in [-0.15, -0.1) is 0 Å². The highest BCUT2D eigenvalue weighted by atomic mass is 79.9. The molecule has 0 aliphatic carbocycles. The van der Waals surface area contributed by atoms with Crippen LogP contribution < -0.4 is 10.1 Å². The number of amides is 1. The predicted molar refractivity (Wildman–Crippen MR) is 60.4 cm³/mol. The number of carbonyl (C=O) groups excluding carboxylic acids is 1. The first-order valence-corrected chi connectivity index (χ1v) is 5.36. The largest absolute Gasteiger partial charge is 0.495 e. The fraction of sp³-hybridized carbons (Fsp3) is 0.222. The van der Waals surface area contributed by atoms with Crippen LogP contribution in [0.3, 0.4) is 0 Å². The van der Waals surface area contributed by atoms with Crippen LogP contribution in [-0.4, -0.2) is 18.3 Å². The molecule has 0 unspecified atom stereocenters. The maximum Gasteiger partial charge on any atom is 0.235 e. The SMILES string of the molecule is COc1cc(NC(=O)CBr)ccc1Cl. The highest BCUT2D eigenvalue weighted by Gasteiger charge is 2.04. The quantitative estimate of drug-likeness (QED) is 0.863. The van der Waals surface area contributed by atoms with E-state index in [9.17, 15) is 4.79 Å². The summed E-state index contributed by atoms with van der Waals surface area (Å²) in [5, 5.41) is 3.45. The van der Waals surface area contributed by atoms with Gasteiger partial charge >= 0.3 is 0 Å². The fourth-order valence-electron chi connectivity index (χ4n) is 0.932. The zero-order valence-electron chi connectivity index (χ0n) is 7.51. The van der Waals surface area contributed by atoms with E-state index in [1.54, 1.807) is 18.2 Å². The number of hydrogen-bond acceptors (Lipinski definition) is 2. The van der Waals surface area contributed by atoms with E-state index >= 15 is 0 Å². The number of anilines is 1. The topological polar surface area (TPSA) is 38.3 Å². The van der Waals surface area contributed by atoms with E-state index in [2.05, 4.69) is 21.2 Å². The molecule has 76 valence electrons. The number of benzene rings is 1. The molecule has 1 amide bonds. The maximum atomic E-state index is 11.0. The molecule has 0 aliphatic rings. The zero-order chi connectivity index (χ0) is 10.6. The molecule has 0 bridgehead atoms. The van der Waals surface area contributed by atoms with Gasteiger partial charge in [0.25, 0.3) is 0 Å². The number of alkyl halides is 1. The highest BCUT2D eigenvalue weighted by molar-refractivity contribution is 9.09. The molecule has 0 radical (unpaired) electrons. The highest BCUT2D eigenvalue weighted by Crippen LogP contribution is 2.27. The third-order valence-corrected chi connectivity index (χ3v) is 2.38. The van der Waals surface area contributed by atoms with Crippen LogP contribution in [0.1, 0.15) is 0 Å². The number of nitrogens with one attached hydrogen (secondary N) is 1. The van der Waals surface area contributed by atoms with Crippen LogP contribution in [-0.2, 0) is 4.79 Å². The van der Waals surface area contributed by atoms with Gasteiger partial charge in [0.1, 0.15) is 5.75 Å². The van der Waals surface area contributed by atoms with Crippen LogP contribution in [0, 0.1) is 0 Å². The number of hydrogen-bond donors (Lipinski definition) is 1. The van der Waals surface area contributed by atoms with Gasteiger partial charge < -0.3 is 10.1 Å². The molecule has 14 heavy (non-hydrogen) atoms. The second-order valence-electron chi connectivity index (χ2n) is 2.53. The summed E-state index contributed by atoms with van der Waals surface area (Å²) >= 11 is 8.87. The van der Waals surface area contributed by atoms with E-state index < -0.39 is 0 Å². The van der Waals surface area contributed by atoms with Crippen molar-refractivity contribution < 1.29 is 9.53 Å². The first kappa shape index (κ1) is 11.3. The van der Waals surface area contributed by atoms with E-state index in [0.717, 1.165) is 0 Å². The van der Waals surface area contributed by atoms with E-state index in [1.807, 2.05) is 0 Å². The average molecular weight is 279 g/mol. The molecule has 0 spiro atoms. The third kappa shape index (κ3) is 2.89. The molecule has 0 aliphatic heterocycles. The van der Waals surface area contributed by atoms with E-state index in [1.165, 1.54) is 7.11 Å². The Morgan fingerprint density at radius 2 is 2.36 bits per heavy atom. The lowest BCUT2D eigenvalue weighted by Crippen LogP contribution is -2.12. The van der Waals surface area contributed by atoms with Gasteiger partial charge in [0, 0.05) is 11.8 Å². The summed E-state index contributed by atoms with van der Waals surface area (Å²) < 4.78 is 5.01. The summed E-state index contributed by atoms with van der Waals surface area (Å²) in [4.78, 5) is 11.0. The Bertz CT molecular complexity index is 344. The molecule has 5 heteroatoms. The third-order valence-electron chi connectivity index (χ3n) is 1.56. The number of methoxy groups -OCH3 is 1. The smallest absolute Gasteiger partial charge is 0.235 e. The Kier molecular flexibility index (Phi) is 4.22. The summed E-state index contributed by atoms with van der Waals surface area (Å²) in [6.07, 6.45) is 0. The summed E-state index contributed by atoms with van der Waals surface area (Å²) in [6.45, 7) is 0. The van der Waals surface area contributed by atoms with Crippen LogP contribution in [0.25, 0.3) is 0 Å². The minimum absolute atomic E-state index is 0.116. The number of carbonyl (C=O) groups is 1. The molecule has 1 N–H and O–H groups in total. The predicted octanol–water partition coefficient (Wildman–Crippen LogP) is 2.68. The Labute approximate surface area is 95.5 Å². The molecular weight excluding hydrogens is 269 g/mol. The van der Waals surface area contributed by atoms with Crippen molar-refractivity contribution in [2.45, 2.75) is 0 Å². The summed E-state index contributed by atoms with van der Waals surface area (Å²) in [5.41, 5.74) is 0.663. The Balaban J connectivity index is 2.84. The van der Waals surface area contributed by atoms with Gasteiger partial charge in [-0.1, -0.05) is 27.5 Å². The van der Waals surface area contributed by atoms with Crippen LogP contribution in [0.15, 0.2) is 18.2 Å². The molecule has 3 nitrogen and oxygen atoms in total. The summed E-state index contributed by atoms with van der Waals surface area (Å²) in [5.74, 6) is 0.424. The maximum absolute atomic E-state index is 11.0. The van der Waals surface area contributed by atoms with Crippen LogP contribution >= 0.6 is 27.5 Å². The van der Waals surface area contributed by atoms with Crippen molar-refractivity contribution in [2.75, 3.05) is 17.8 Å². The van der Waals surface area contributed by atoms with Gasteiger partial charge in [0.15, 0.2) is 0 Å². The zero-order valence-corrected chi connectivity index (χ0v) is 9.85. The second-order valence-corrected chi connectivity index (χ2v) is 3.50. The van der Waals surface area contributed by atoms with Gasteiger partial charge in [-0.25, -0.2) is 0 Å². The van der Waals surface area contributed by atoms with Crippen LogP contribution in [0.5, 0.6) is 5.75 Å². The van der Waals surface area contributed by atoms with E-state index in [-0.39, 0.29) is 11.2 Å². The van der Waals surface area contributed by atoms with Crippen molar-refractivity contribution >= 4 is 39.1 Å². The fourth-order valence-corrected chi connectivity index (χ4v) is 1.27. The molecule has 0 saturated heterocycles. The molecule has 0 atom stereocenters. The lowest BCUT2D eigenvalue weighted by atomic mass is 10.3. The van der Waals surface area contributed by atoms with Gasteiger partial charge in [-0.2, -0.15) is 0 Å². The molecule has 0 heterocycles. The van der Waals surface area contributed by atoms with Gasteiger partial charge in [-0.05, 0) is 12.1 Å². The minimum Gasteiger partial charge on any atom is -0.495 e. The van der Waals surface area contributed by atoms with Crippen molar-refractivity contribution in [1.82, 2.24) is 0 Å². The molecule has 0 fully saturated rings. The molecule has 1 aromatic rings. The van der Waals surface area contributed by atoms with Crippen molar-refractivity contribution in [3.05, 3.63) is 23.2 Å². The lowest BCUT2D eigenvalue weighted by molar-refractivity contribution is -0.113. The lowest BCUT2D eigenvalue weighted by Gasteiger charge is -2.06. The number of ether oxygens (including phenoxy) is 1. The molecule has 0 aromatic heterocycles. The van der Waals surface area contributed by atoms with Gasteiger partial charge in [0.05, 0.1) is 17.5 Å². The normalized spacial score (nSPS) is 9.64. The van der Waals surface area contributed by atoms with Crippen molar-refractivity contribution in [3.63, 3.8) is 0 Å².